The number of allylic oxidation sites excluding steroid dienone is 2. The van der Waals surface area contributed by atoms with Crippen LogP contribution < -0.4 is 14.3 Å². The number of benzene rings is 1. The van der Waals surface area contributed by atoms with Crippen molar-refractivity contribution in [1.29, 1.82) is 0 Å². The van der Waals surface area contributed by atoms with Crippen molar-refractivity contribution in [3.63, 3.8) is 0 Å². The number of rotatable bonds is 9. The molecule has 0 bridgehead atoms. The van der Waals surface area contributed by atoms with Gasteiger partial charge in [0.2, 0.25) is 0 Å². The van der Waals surface area contributed by atoms with E-state index in [0.717, 1.165) is 0 Å². The fourth-order valence-electron chi connectivity index (χ4n) is 2.46. The van der Waals surface area contributed by atoms with Crippen molar-refractivity contribution in [2.45, 2.75) is 20.0 Å². The number of nitrogens with one attached hydrogen (secondary N) is 1. The first-order valence-electron chi connectivity index (χ1n) is 9.92. The molecule has 1 aromatic carbocycles. The molecular weight excluding hydrogens is 463 g/mol. The number of hydrogen-bond acceptors (Lipinski definition) is 8. The Hall–Kier alpha value is -3.05. The zero-order valence-electron chi connectivity index (χ0n) is 18.0. The zero-order valence-corrected chi connectivity index (χ0v) is 19.5. The van der Waals surface area contributed by atoms with Gasteiger partial charge in [-0.05, 0) is 0 Å². The third-order valence-corrected chi connectivity index (χ3v) is 5.32. The molecule has 2 heterocycles. The number of H-pyrrole nitrogens is 1. The first-order chi connectivity index (χ1) is 16.0. The number of aliphatic hydroxyl groups is 2. The van der Waals surface area contributed by atoms with Gasteiger partial charge in [-0.2, -0.15) is 0 Å². The molecule has 0 aliphatic rings. The summed E-state index contributed by atoms with van der Waals surface area (Å²) in [6.45, 7) is 3.24. The maximum atomic E-state index is 9.80. The molecular formula is C22H22BClN4O4S. The normalized spacial score (nSPS) is 13.9. The van der Waals surface area contributed by atoms with Crippen molar-refractivity contribution in [2.75, 3.05) is 6.61 Å². The molecule has 0 fully saturated rings. The number of aliphatic hydroxyl groups excluding tert-OH is 2. The molecule has 33 heavy (non-hydrogen) atoms. The summed E-state index contributed by atoms with van der Waals surface area (Å²) in [4.78, 5) is 16.5. The maximum absolute atomic E-state index is 9.80. The summed E-state index contributed by atoms with van der Waals surface area (Å²) in [5.74, 6) is 1.74. The number of para-hydroxylation sites is 1. The van der Waals surface area contributed by atoms with E-state index in [2.05, 4.69) is 20.0 Å². The van der Waals surface area contributed by atoms with E-state index >= 15 is 0 Å². The number of nitrogens with zero attached hydrogens (tertiary/aromatic N) is 3. The van der Waals surface area contributed by atoms with Crippen LogP contribution in [-0.2, 0) is 0 Å². The van der Waals surface area contributed by atoms with E-state index in [1.165, 1.54) is 23.7 Å². The zero-order chi connectivity index (χ0) is 23.6. The van der Waals surface area contributed by atoms with Crippen LogP contribution >= 0.6 is 22.8 Å². The summed E-state index contributed by atoms with van der Waals surface area (Å²) in [5.41, 5.74) is 1.16. The van der Waals surface area contributed by atoms with Crippen LogP contribution in [-0.4, -0.2) is 39.2 Å². The third-order valence-electron chi connectivity index (χ3n) is 4.22. The average Bonchev–Trinajstić information content (AvgIpc) is 3.30. The number of aromatic amines is 1. The predicted molar refractivity (Wildman–Crippen MR) is 130 cm³/mol. The van der Waals surface area contributed by atoms with Crippen LogP contribution in [0.3, 0.4) is 0 Å². The topological polar surface area (TPSA) is 112 Å². The van der Waals surface area contributed by atoms with Gasteiger partial charge in [-0.25, -0.2) is 0 Å². The van der Waals surface area contributed by atoms with E-state index in [-0.39, 0.29) is 5.82 Å². The summed E-state index contributed by atoms with van der Waals surface area (Å²) in [6, 6.07) is 10.7. The molecule has 3 N–H and O–H groups in total. The molecule has 0 saturated heterocycles. The molecule has 170 valence electrons. The summed E-state index contributed by atoms with van der Waals surface area (Å²) in [6.07, 6.45) is 6.95. The Kier molecular flexibility index (Phi) is 9.14. The number of aryl methyl sites for hydroxylation is 1. The fourth-order valence-corrected chi connectivity index (χ4v) is 3.41. The van der Waals surface area contributed by atoms with Crippen LogP contribution in [0, 0.1) is 6.92 Å². The van der Waals surface area contributed by atoms with Gasteiger partial charge in [-0.3, -0.25) is 0 Å². The second kappa shape index (κ2) is 12.3. The summed E-state index contributed by atoms with van der Waals surface area (Å²) < 4.78 is 11.6. The molecule has 1 unspecified atom stereocenters. The molecule has 0 radical (unpaired) electrons. The molecule has 0 amide bonds. The quantitative estimate of drug-likeness (QED) is 0.317. The van der Waals surface area contributed by atoms with Crippen molar-refractivity contribution >= 4 is 35.2 Å². The van der Waals surface area contributed by atoms with Crippen LogP contribution in [0.25, 0.3) is 0 Å². The Labute approximate surface area is 200 Å². The Morgan fingerprint density at radius 3 is 2.82 bits per heavy atom. The summed E-state index contributed by atoms with van der Waals surface area (Å²) in [7, 11) is 0. The van der Waals surface area contributed by atoms with Crippen LogP contribution in [0.4, 0.5) is 0 Å². The molecule has 1 atom stereocenters. The minimum atomic E-state index is -1.02. The van der Waals surface area contributed by atoms with Crippen LogP contribution in [0.5, 0.6) is 11.5 Å². The molecule has 3 aromatic rings. The number of aromatic nitrogens is 2. The van der Waals surface area contributed by atoms with E-state index in [1.54, 1.807) is 42.7 Å². The first-order valence-corrected chi connectivity index (χ1v) is 11.2. The molecule has 0 aliphatic heterocycles. The van der Waals surface area contributed by atoms with Gasteiger partial charge in [0.05, 0.1) is 0 Å². The minimum absolute atomic E-state index is 0.225. The Balaban J connectivity index is 1.89. The van der Waals surface area contributed by atoms with Crippen LogP contribution in [0.1, 0.15) is 24.3 Å². The fraction of sp³-hybridized carbons (Fsp3) is 0.182. The standard InChI is InChI=1S/C22H22BClN4O4S/c1-3-15(32-19-8-5-4-7-16(19)24)11-26-20(13-31-18-9-6-10-25-14(18)2)27-22-28-21(23-33-22)17(30)12-29/h3-11,13,17,29-30H,12H2,1-2H3,(H,27,28)/b15-3+,20-13-,26-11-. The number of halogens is 1. The van der Waals surface area contributed by atoms with Gasteiger partial charge in [0.15, 0.2) is 0 Å². The number of aliphatic imine (C=N–C) groups is 1. The second-order valence-electron chi connectivity index (χ2n) is 6.59. The second-order valence-corrected chi connectivity index (χ2v) is 7.86. The van der Waals surface area contributed by atoms with Crippen molar-refractivity contribution in [3.05, 3.63) is 87.6 Å². The van der Waals surface area contributed by atoms with Crippen molar-refractivity contribution in [2.24, 2.45) is 9.98 Å². The molecule has 2 aromatic heterocycles. The Morgan fingerprint density at radius 2 is 2.09 bits per heavy atom. The van der Waals surface area contributed by atoms with Crippen LogP contribution in [0.15, 0.2) is 76.5 Å². The number of ether oxygens (including phenoxy) is 2. The molecule has 0 saturated carbocycles. The summed E-state index contributed by atoms with van der Waals surface area (Å²) in [5, 5.41) is 19.4. The van der Waals surface area contributed by atoms with Crippen molar-refractivity contribution in [1.82, 2.24) is 9.97 Å². The molecule has 11 heteroatoms. The van der Waals surface area contributed by atoms with E-state index in [1.807, 2.05) is 26.0 Å². The van der Waals surface area contributed by atoms with E-state index in [9.17, 15) is 5.11 Å². The van der Waals surface area contributed by atoms with Gasteiger partial charge < -0.3 is 0 Å². The average molecular weight is 485 g/mol. The number of pyridine rings is 1. The van der Waals surface area contributed by atoms with E-state index in [0.29, 0.717) is 38.4 Å². The van der Waals surface area contributed by atoms with Gasteiger partial charge in [-0.1, -0.05) is 0 Å². The molecule has 8 nitrogen and oxygen atoms in total. The van der Waals surface area contributed by atoms with Gasteiger partial charge in [0.1, 0.15) is 0 Å². The van der Waals surface area contributed by atoms with E-state index in [4.69, 9.17) is 26.2 Å². The predicted octanol–water partition coefficient (Wildman–Crippen LogP) is 3.63. The van der Waals surface area contributed by atoms with Crippen molar-refractivity contribution in [3.8, 4) is 11.5 Å². The Bertz CT molecular complexity index is 1240. The molecule has 3 rings (SSSR count). The van der Waals surface area contributed by atoms with Gasteiger partial charge in [0, 0.05) is 0 Å². The van der Waals surface area contributed by atoms with Gasteiger partial charge >= 0.3 is 200 Å². The van der Waals surface area contributed by atoms with Crippen LogP contribution in [0.2, 0.25) is 5.02 Å². The van der Waals surface area contributed by atoms with E-state index < -0.39 is 12.7 Å². The Morgan fingerprint density at radius 1 is 1.30 bits per heavy atom. The van der Waals surface area contributed by atoms with Crippen molar-refractivity contribution < 1.29 is 19.7 Å². The molecule has 0 spiro atoms. The van der Waals surface area contributed by atoms with Gasteiger partial charge in [-0.15, -0.1) is 0 Å². The number of hydrogen-bond donors (Lipinski definition) is 3. The van der Waals surface area contributed by atoms with Gasteiger partial charge in [0.25, 0.3) is 0 Å². The SMILES string of the molecule is C\C=C(/C=N\C(=C\Oc1cccnc1C)\N=c1\[nH]c(C(O)CO)bs1)Oc1ccccc1Cl. The first kappa shape index (κ1) is 24.6. The summed E-state index contributed by atoms with van der Waals surface area (Å²) >= 11 is 7.43. The molecule has 0 aliphatic carbocycles. The third kappa shape index (κ3) is 7.23. The monoisotopic (exact) mass is 484 g/mol.